The third kappa shape index (κ3) is 3.45. The molecule has 3 N–H and O–H groups in total. The maximum Gasteiger partial charge on any atom is 0.0721 e. The largest absolute Gasteiger partial charge is 0.271 e. The normalized spacial score (nSPS) is 12.4. The zero-order chi connectivity index (χ0) is 13.8. The van der Waals surface area contributed by atoms with Gasteiger partial charge in [0.15, 0.2) is 0 Å². The van der Waals surface area contributed by atoms with Gasteiger partial charge in [0.25, 0.3) is 0 Å². The molecule has 0 saturated heterocycles. The Balaban J connectivity index is 2.43. The first-order chi connectivity index (χ1) is 9.15. The fraction of sp³-hybridized carbons (Fsp3) is 0.200. The van der Waals surface area contributed by atoms with E-state index in [0.29, 0.717) is 0 Å². The Hall–Kier alpha value is -0.680. The van der Waals surface area contributed by atoms with Crippen LogP contribution in [-0.2, 0) is 6.42 Å². The van der Waals surface area contributed by atoms with Crippen molar-refractivity contribution in [3.63, 3.8) is 0 Å². The highest BCUT2D eigenvalue weighted by molar-refractivity contribution is 9.11. The van der Waals surface area contributed by atoms with Crippen molar-refractivity contribution >= 4 is 31.9 Å². The van der Waals surface area contributed by atoms with Gasteiger partial charge in [0, 0.05) is 8.95 Å². The molecule has 0 aromatic heterocycles. The van der Waals surface area contributed by atoms with Gasteiger partial charge in [0.1, 0.15) is 0 Å². The summed E-state index contributed by atoms with van der Waals surface area (Å²) in [5.74, 6) is 5.75. The van der Waals surface area contributed by atoms with E-state index in [1.807, 2.05) is 12.1 Å². The van der Waals surface area contributed by atoms with Crippen LogP contribution < -0.4 is 11.3 Å². The van der Waals surface area contributed by atoms with E-state index in [1.165, 1.54) is 11.1 Å². The Kier molecular flexibility index (Phi) is 5.16. The van der Waals surface area contributed by atoms with Crippen LogP contribution >= 0.6 is 31.9 Å². The molecular formula is C15H16Br2N2. The topological polar surface area (TPSA) is 38.0 Å². The molecule has 0 amide bonds. The summed E-state index contributed by atoms with van der Waals surface area (Å²) in [6.07, 6.45) is 1.02. The molecule has 0 bridgehead atoms. The molecule has 2 aromatic carbocycles. The highest BCUT2D eigenvalue weighted by Gasteiger charge is 2.15. The summed E-state index contributed by atoms with van der Waals surface area (Å²) in [4.78, 5) is 0. The molecule has 2 rings (SSSR count). The molecule has 0 saturated carbocycles. The van der Waals surface area contributed by atoms with Crippen LogP contribution in [-0.4, -0.2) is 0 Å². The Morgan fingerprint density at radius 3 is 2.58 bits per heavy atom. The van der Waals surface area contributed by atoms with E-state index in [1.54, 1.807) is 0 Å². The van der Waals surface area contributed by atoms with E-state index in [4.69, 9.17) is 5.84 Å². The number of aryl methyl sites for hydroxylation is 1. The minimum Gasteiger partial charge on any atom is -0.271 e. The van der Waals surface area contributed by atoms with Crippen LogP contribution in [0.1, 0.15) is 29.7 Å². The Morgan fingerprint density at radius 2 is 1.95 bits per heavy atom. The summed E-state index contributed by atoms with van der Waals surface area (Å²) in [6.45, 7) is 2.15. The summed E-state index contributed by atoms with van der Waals surface area (Å²) in [6, 6.07) is 14.6. The molecule has 0 radical (unpaired) electrons. The molecule has 0 aliphatic carbocycles. The molecule has 0 spiro atoms. The first kappa shape index (κ1) is 14.7. The lowest BCUT2D eigenvalue weighted by Gasteiger charge is -2.19. The molecular weight excluding hydrogens is 368 g/mol. The number of nitrogens with one attached hydrogen (secondary N) is 1. The third-order valence-corrected chi connectivity index (χ3v) is 4.31. The van der Waals surface area contributed by atoms with E-state index in [9.17, 15) is 0 Å². The molecule has 0 aliphatic heterocycles. The molecule has 0 heterocycles. The summed E-state index contributed by atoms with van der Waals surface area (Å²) >= 11 is 7.06. The van der Waals surface area contributed by atoms with Crippen molar-refractivity contribution in [2.75, 3.05) is 0 Å². The van der Waals surface area contributed by atoms with Crippen LogP contribution in [0.3, 0.4) is 0 Å². The summed E-state index contributed by atoms with van der Waals surface area (Å²) in [5.41, 5.74) is 6.51. The zero-order valence-corrected chi connectivity index (χ0v) is 13.8. The van der Waals surface area contributed by atoms with Crippen LogP contribution in [0, 0.1) is 0 Å². The van der Waals surface area contributed by atoms with Gasteiger partial charge >= 0.3 is 0 Å². The van der Waals surface area contributed by atoms with Crippen LogP contribution in [0.5, 0.6) is 0 Å². The summed E-state index contributed by atoms with van der Waals surface area (Å²) in [7, 11) is 0. The minimum atomic E-state index is -0.0195. The van der Waals surface area contributed by atoms with Crippen LogP contribution in [0.25, 0.3) is 0 Å². The number of hydrazine groups is 1. The van der Waals surface area contributed by atoms with E-state index < -0.39 is 0 Å². The quantitative estimate of drug-likeness (QED) is 0.609. The second kappa shape index (κ2) is 6.66. The van der Waals surface area contributed by atoms with E-state index in [0.717, 1.165) is 20.9 Å². The number of benzene rings is 2. The predicted octanol–water partition coefficient (Wildman–Crippen LogP) is 4.33. The van der Waals surface area contributed by atoms with Crippen LogP contribution in [0.4, 0.5) is 0 Å². The van der Waals surface area contributed by atoms with Gasteiger partial charge in [-0.1, -0.05) is 69.1 Å². The first-order valence-corrected chi connectivity index (χ1v) is 7.74. The number of hydrogen-bond acceptors (Lipinski definition) is 2. The number of halogens is 2. The van der Waals surface area contributed by atoms with Crippen LogP contribution in [0.15, 0.2) is 51.4 Å². The highest BCUT2D eigenvalue weighted by Crippen LogP contribution is 2.30. The van der Waals surface area contributed by atoms with Gasteiger partial charge in [-0.3, -0.25) is 5.84 Å². The maximum atomic E-state index is 5.75. The van der Waals surface area contributed by atoms with E-state index in [2.05, 4.69) is 74.5 Å². The SMILES string of the molecule is CCc1cccc(C(NN)c2ccc(Br)cc2Br)c1. The molecule has 0 aliphatic rings. The van der Waals surface area contributed by atoms with Crippen molar-refractivity contribution in [3.8, 4) is 0 Å². The van der Waals surface area contributed by atoms with Crippen LogP contribution in [0.2, 0.25) is 0 Å². The molecule has 100 valence electrons. The van der Waals surface area contributed by atoms with E-state index in [-0.39, 0.29) is 6.04 Å². The van der Waals surface area contributed by atoms with Crippen molar-refractivity contribution in [3.05, 3.63) is 68.1 Å². The van der Waals surface area contributed by atoms with Gasteiger partial charge in [0.05, 0.1) is 6.04 Å². The Labute approximate surface area is 130 Å². The van der Waals surface area contributed by atoms with Gasteiger partial charge in [-0.15, -0.1) is 0 Å². The second-order valence-electron chi connectivity index (χ2n) is 4.36. The fourth-order valence-corrected chi connectivity index (χ4v) is 3.37. The summed E-state index contributed by atoms with van der Waals surface area (Å²) in [5, 5.41) is 0. The smallest absolute Gasteiger partial charge is 0.0721 e. The monoisotopic (exact) mass is 382 g/mol. The Bertz CT molecular complexity index is 570. The fourth-order valence-electron chi connectivity index (χ4n) is 2.09. The second-order valence-corrected chi connectivity index (χ2v) is 6.13. The molecule has 0 fully saturated rings. The number of nitrogens with two attached hydrogens (primary N) is 1. The predicted molar refractivity (Wildman–Crippen MR) is 86.8 cm³/mol. The molecule has 19 heavy (non-hydrogen) atoms. The molecule has 1 atom stereocenters. The van der Waals surface area contributed by atoms with Crippen molar-refractivity contribution < 1.29 is 0 Å². The highest BCUT2D eigenvalue weighted by atomic mass is 79.9. The van der Waals surface area contributed by atoms with Crippen molar-refractivity contribution in [2.45, 2.75) is 19.4 Å². The lowest BCUT2D eigenvalue weighted by molar-refractivity contribution is 0.634. The van der Waals surface area contributed by atoms with Crippen molar-refractivity contribution in [1.82, 2.24) is 5.43 Å². The Morgan fingerprint density at radius 1 is 1.16 bits per heavy atom. The standard InChI is InChI=1S/C15H16Br2N2/c1-2-10-4-3-5-11(8-10)15(19-18)13-7-6-12(16)9-14(13)17/h3-9,15,19H,2,18H2,1H3. The molecule has 2 aromatic rings. The number of rotatable bonds is 4. The van der Waals surface area contributed by atoms with E-state index >= 15 is 0 Å². The average Bonchev–Trinajstić information content (AvgIpc) is 2.42. The van der Waals surface area contributed by atoms with Gasteiger partial charge in [-0.05, 0) is 35.2 Å². The zero-order valence-electron chi connectivity index (χ0n) is 10.7. The average molecular weight is 384 g/mol. The van der Waals surface area contributed by atoms with Crippen molar-refractivity contribution in [2.24, 2.45) is 5.84 Å². The number of hydrogen-bond donors (Lipinski definition) is 2. The maximum absolute atomic E-state index is 5.75. The lowest BCUT2D eigenvalue weighted by atomic mass is 9.97. The van der Waals surface area contributed by atoms with Gasteiger partial charge in [0.2, 0.25) is 0 Å². The first-order valence-electron chi connectivity index (χ1n) is 6.15. The van der Waals surface area contributed by atoms with Gasteiger partial charge in [-0.2, -0.15) is 0 Å². The molecule has 1 unspecified atom stereocenters. The summed E-state index contributed by atoms with van der Waals surface area (Å²) < 4.78 is 2.08. The molecule has 2 nitrogen and oxygen atoms in total. The minimum absolute atomic E-state index is 0.0195. The lowest BCUT2D eigenvalue weighted by Crippen LogP contribution is -2.29. The van der Waals surface area contributed by atoms with Gasteiger partial charge in [-0.25, -0.2) is 5.43 Å². The molecule has 4 heteroatoms. The van der Waals surface area contributed by atoms with Gasteiger partial charge < -0.3 is 0 Å². The third-order valence-electron chi connectivity index (χ3n) is 3.13. The van der Waals surface area contributed by atoms with Crippen molar-refractivity contribution in [1.29, 1.82) is 0 Å².